The molecule has 0 bridgehead atoms. The largest absolute Gasteiger partial charge is 0.471 e. The molecule has 0 saturated carbocycles. The van der Waals surface area contributed by atoms with E-state index in [0.29, 0.717) is 18.8 Å². The first-order valence-electron chi connectivity index (χ1n) is 7.84. The van der Waals surface area contributed by atoms with E-state index in [4.69, 9.17) is 4.74 Å². The molecular weight excluding hydrogens is 292 g/mol. The Kier molecular flexibility index (Phi) is 4.80. The fraction of sp³-hybridized carbons (Fsp3) is 0.412. The van der Waals surface area contributed by atoms with E-state index >= 15 is 0 Å². The molecule has 6 heteroatoms. The fourth-order valence-corrected chi connectivity index (χ4v) is 2.67. The van der Waals surface area contributed by atoms with E-state index in [0.717, 1.165) is 30.6 Å². The zero-order chi connectivity index (χ0) is 16.1. The number of hydrogen-bond donors (Lipinski definition) is 0. The fourth-order valence-electron chi connectivity index (χ4n) is 2.67. The van der Waals surface area contributed by atoms with Gasteiger partial charge in [-0.05, 0) is 37.5 Å². The highest BCUT2D eigenvalue weighted by Crippen LogP contribution is 2.17. The minimum Gasteiger partial charge on any atom is -0.471 e. The molecule has 2 aromatic heterocycles. The van der Waals surface area contributed by atoms with Crippen molar-refractivity contribution >= 4 is 5.91 Å². The molecule has 1 amide bonds. The molecule has 0 aromatic carbocycles. The molecule has 0 unspecified atom stereocenters. The maximum absolute atomic E-state index is 12.4. The SMILES string of the molecule is Cc1ccc(O[C@@H]2CCCN(C(=O)Cc3cccnc3)C2)nn1. The van der Waals surface area contributed by atoms with Gasteiger partial charge in [0.15, 0.2) is 0 Å². The van der Waals surface area contributed by atoms with E-state index < -0.39 is 0 Å². The first-order chi connectivity index (χ1) is 11.2. The van der Waals surface area contributed by atoms with Gasteiger partial charge in [-0.15, -0.1) is 5.10 Å². The van der Waals surface area contributed by atoms with Crippen molar-refractivity contribution in [1.82, 2.24) is 20.1 Å². The first-order valence-corrected chi connectivity index (χ1v) is 7.84. The lowest BCUT2D eigenvalue weighted by atomic mass is 10.1. The zero-order valence-corrected chi connectivity index (χ0v) is 13.2. The number of amides is 1. The standard InChI is InChI=1S/C17H20N4O2/c1-13-6-7-16(20-19-13)23-15-5-3-9-21(12-15)17(22)10-14-4-2-8-18-11-14/h2,4,6-8,11,15H,3,5,9-10,12H2,1H3/t15-/m1/s1. The molecule has 120 valence electrons. The van der Waals surface area contributed by atoms with Gasteiger partial charge < -0.3 is 9.64 Å². The Morgan fingerprint density at radius 2 is 2.26 bits per heavy atom. The molecule has 1 atom stereocenters. The molecule has 0 spiro atoms. The van der Waals surface area contributed by atoms with E-state index in [1.807, 2.05) is 36.1 Å². The molecule has 1 saturated heterocycles. The van der Waals surface area contributed by atoms with Crippen molar-refractivity contribution in [1.29, 1.82) is 0 Å². The van der Waals surface area contributed by atoms with Gasteiger partial charge in [-0.3, -0.25) is 9.78 Å². The first kappa shape index (κ1) is 15.4. The Bertz CT molecular complexity index is 645. The topological polar surface area (TPSA) is 68.2 Å². The van der Waals surface area contributed by atoms with E-state index in [-0.39, 0.29) is 12.0 Å². The number of piperidine rings is 1. The Labute approximate surface area is 135 Å². The van der Waals surface area contributed by atoms with E-state index in [9.17, 15) is 4.79 Å². The van der Waals surface area contributed by atoms with Crippen molar-refractivity contribution in [2.75, 3.05) is 13.1 Å². The summed E-state index contributed by atoms with van der Waals surface area (Å²) in [6.07, 6.45) is 5.65. The van der Waals surface area contributed by atoms with Crippen LogP contribution in [-0.2, 0) is 11.2 Å². The molecule has 2 aromatic rings. The average Bonchev–Trinajstić information content (AvgIpc) is 2.58. The number of carbonyl (C=O) groups is 1. The molecule has 0 aliphatic carbocycles. The second-order valence-electron chi connectivity index (χ2n) is 5.77. The number of likely N-dealkylation sites (tertiary alicyclic amines) is 1. The van der Waals surface area contributed by atoms with Crippen LogP contribution in [0.1, 0.15) is 24.1 Å². The summed E-state index contributed by atoms with van der Waals surface area (Å²) < 4.78 is 5.86. The van der Waals surface area contributed by atoms with E-state index in [2.05, 4.69) is 15.2 Å². The molecule has 1 aliphatic heterocycles. The highest BCUT2D eigenvalue weighted by Gasteiger charge is 2.25. The van der Waals surface area contributed by atoms with Gasteiger partial charge in [-0.2, -0.15) is 5.10 Å². The number of hydrogen-bond acceptors (Lipinski definition) is 5. The lowest BCUT2D eigenvalue weighted by molar-refractivity contribution is -0.133. The summed E-state index contributed by atoms with van der Waals surface area (Å²) in [4.78, 5) is 18.3. The summed E-state index contributed by atoms with van der Waals surface area (Å²) in [5.41, 5.74) is 1.79. The van der Waals surface area contributed by atoms with Crippen LogP contribution in [0.25, 0.3) is 0 Å². The number of carbonyl (C=O) groups excluding carboxylic acids is 1. The van der Waals surface area contributed by atoms with Crippen molar-refractivity contribution in [3.8, 4) is 5.88 Å². The maximum atomic E-state index is 12.4. The van der Waals surface area contributed by atoms with Gasteiger partial charge in [-0.25, -0.2) is 0 Å². The highest BCUT2D eigenvalue weighted by molar-refractivity contribution is 5.78. The van der Waals surface area contributed by atoms with Crippen molar-refractivity contribution in [3.05, 3.63) is 47.9 Å². The predicted octanol–water partition coefficient (Wildman–Crippen LogP) is 1.79. The van der Waals surface area contributed by atoms with E-state index in [1.165, 1.54) is 0 Å². The second-order valence-corrected chi connectivity index (χ2v) is 5.77. The van der Waals surface area contributed by atoms with E-state index in [1.54, 1.807) is 12.4 Å². The van der Waals surface area contributed by atoms with Crippen LogP contribution in [0.4, 0.5) is 0 Å². The Morgan fingerprint density at radius 3 is 3.00 bits per heavy atom. The normalized spacial score (nSPS) is 17.8. The summed E-state index contributed by atoms with van der Waals surface area (Å²) in [5.74, 6) is 0.628. The molecule has 0 N–H and O–H groups in total. The summed E-state index contributed by atoms with van der Waals surface area (Å²) in [6, 6.07) is 7.46. The summed E-state index contributed by atoms with van der Waals surface area (Å²) in [6.45, 7) is 3.25. The van der Waals surface area contributed by atoms with Gasteiger partial charge in [0, 0.05) is 25.0 Å². The van der Waals surface area contributed by atoms with Crippen LogP contribution in [0.5, 0.6) is 5.88 Å². The summed E-state index contributed by atoms with van der Waals surface area (Å²) >= 11 is 0. The van der Waals surface area contributed by atoms with Gasteiger partial charge in [0.25, 0.3) is 0 Å². The van der Waals surface area contributed by atoms with Crippen LogP contribution < -0.4 is 4.74 Å². The molecule has 3 heterocycles. The number of nitrogens with zero attached hydrogens (tertiary/aromatic N) is 4. The third kappa shape index (κ3) is 4.25. The number of ether oxygens (including phenoxy) is 1. The molecule has 1 aliphatic rings. The Balaban J connectivity index is 1.57. The van der Waals surface area contributed by atoms with Crippen LogP contribution in [0.15, 0.2) is 36.7 Å². The van der Waals surface area contributed by atoms with Crippen molar-refractivity contribution < 1.29 is 9.53 Å². The lowest BCUT2D eigenvalue weighted by Crippen LogP contribution is -2.45. The average molecular weight is 312 g/mol. The zero-order valence-electron chi connectivity index (χ0n) is 13.2. The molecular formula is C17H20N4O2. The molecule has 1 fully saturated rings. The monoisotopic (exact) mass is 312 g/mol. The number of aromatic nitrogens is 3. The number of rotatable bonds is 4. The van der Waals surface area contributed by atoms with Gasteiger partial charge in [0.2, 0.25) is 11.8 Å². The number of pyridine rings is 1. The van der Waals surface area contributed by atoms with Crippen molar-refractivity contribution in [3.63, 3.8) is 0 Å². The van der Waals surface area contributed by atoms with Gasteiger partial charge >= 0.3 is 0 Å². The second kappa shape index (κ2) is 7.17. The lowest BCUT2D eigenvalue weighted by Gasteiger charge is -2.32. The molecule has 0 radical (unpaired) electrons. The minimum atomic E-state index is -0.0291. The van der Waals surface area contributed by atoms with Crippen LogP contribution in [0.2, 0.25) is 0 Å². The Morgan fingerprint density at radius 1 is 1.35 bits per heavy atom. The van der Waals surface area contributed by atoms with Crippen molar-refractivity contribution in [2.45, 2.75) is 32.3 Å². The van der Waals surface area contributed by atoms with Crippen LogP contribution in [0.3, 0.4) is 0 Å². The van der Waals surface area contributed by atoms with Crippen LogP contribution in [-0.4, -0.2) is 45.2 Å². The smallest absolute Gasteiger partial charge is 0.233 e. The maximum Gasteiger partial charge on any atom is 0.233 e. The van der Waals surface area contributed by atoms with Crippen LogP contribution in [0, 0.1) is 6.92 Å². The third-order valence-electron chi connectivity index (χ3n) is 3.87. The summed E-state index contributed by atoms with van der Waals surface area (Å²) in [5, 5.41) is 8.02. The predicted molar refractivity (Wildman–Crippen MR) is 84.9 cm³/mol. The third-order valence-corrected chi connectivity index (χ3v) is 3.87. The van der Waals surface area contributed by atoms with Gasteiger partial charge in [0.1, 0.15) is 6.10 Å². The molecule has 3 rings (SSSR count). The Hall–Kier alpha value is -2.50. The quantitative estimate of drug-likeness (QED) is 0.861. The summed E-state index contributed by atoms with van der Waals surface area (Å²) in [7, 11) is 0. The van der Waals surface area contributed by atoms with Gasteiger partial charge in [-0.1, -0.05) is 6.07 Å². The van der Waals surface area contributed by atoms with Crippen LogP contribution >= 0.6 is 0 Å². The van der Waals surface area contributed by atoms with Crippen molar-refractivity contribution in [2.24, 2.45) is 0 Å². The van der Waals surface area contributed by atoms with Gasteiger partial charge in [0.05, 0.1) is 18.7 Å². The minimum absolute atomic E-state index is 0.0291. The molecule has 6 nitrogen and oxygen atoms in total. The molecule has 23 heavy (non-hydrogen) atoms. The highest BCUT2D eigenvalue weighted by atomic mass is 16.5. The number of aryl methyl sites for hydroxylation is 1.